The molecule has 1 aliphatic rings. The van der Waals surface area contributed by atoms with Gasteiger partial charge >= 0.3 is 6.18 Å². The molecule has 0 saturated carbocycles. The molecule has 0 aliphatic carbocycles. The molecule has 2 rings (SSSR count). The Morgan fingerprint density at radius 2 is 1.50 bits per heavy atom. The first-order valence-corrected chi connectivity index (χ1v) is 5.30. The van der Waals surface area contributed by atoms with E-state index in [1.807, 2.05) is 5.32 Å². The lowest BCUT2D eigenvalue weighted by Gasteiger charge is -2.37. The van der Waals surface area contributed by atoms with Crippen LogP contribution in [0, 0.1) is 0 Å². The van der Waals surface area contributed by atoms with Crippen molar-refractivity contribution >= 4 is 11.8 Å². The van der Waals surface area contributed by atoms with Crippen molar-refractivity contribution in [1.82, 2.24) is 5.32 Å². The standard InChI is InChI=1S/C12H10F3NO2/c13-12(14,15)11(8-4-2-1-3-5-8)6-9(17)16-10(18)7-11/h1-5H,6-7H2,(H,16,17,18). The monoisotopic (exact) mass is 257 g/mol. The number of hydrogen-bond acceptors (Lipinski definition) is 2. The maximum atomic E-state index is 13.3. The quantitative estimate of drug-likeness (QED) is 0.781. The Balaban J connectivity index is 2.55. The van der Waals surface area contributed by atoms with Crippen LogP contribution in [0.1, 0.15) is 18.4 Å². The topological polar surface area (TPSA) is 46.2 Å². The van der Waals surface area contributed by atoms with Gasteiger partial charge in [-0.15, -0.1) is 0 Å². The van der Waals surface area contributed by atoms with E-state index in [1.54, 1.807) is 6.07 Å². The number of benzene rings is 1. The number of halogens is 3. The molecule has 1 aromatic carbocycles. The zero-order valence-corrected chi connectivity index (χ0v) is 9.25. The maximum Gasteiger partial charge on any atom is 0.399 e. The molecule has 1 heterocycles. The van der Waals surface area contributed by atoms with Gasteiger partial charge in [-0.1, -0.05) is 30.3 Å². The lowest BCUT2D eigenvalue weighted by molar-refractivity contribution is -0.201. The van der Waals surface area contributed by atoms with E-state index in [1.165, 1.54) is 24.3 Å². The third-order valence-electron chi connectivity index (χ3n) is 3.07. The van der Waals surface area contributed by atoms with Gasteiger partial charge in [0.25, 0.3) is 0 Å². The first-order valence-electron chi connectivity index (χ1n) is 5.30. The van der Waals surface area contributed by atoms with Crippen molar-refractivity contribution in [3.63, 3.8) is 0 Å². The van der Waals surface area contributed by atoms with E-state index in [9.17, 15) is 22.8 Å². The Morgan fingerprint density at radius 3 is 1.94 bits per heavy atom. The summed E-state index contributed by atoms with van der Waals surface area (Å²) in [6.45, 7) is 0. The van der Waals surface area contributed by atoms with Crippen molar-refractivity contribution in [2.24, 2.45) is 0 Å². The Kier molecular flexibility index (Phi) is 2.88. The lowest BCUT2D eigenvalue weighted by atomic mass is 9.72. The molecule has 18 heavy (non-hydrogen) atoms. The van der Waals surface area contributed by atoms with Crippen molar-refractivity contribution in [2.45, 2.75) is 24.4 Å². The molecule has 0 aromatic heterocycles. The highest BCUT2D eigenvalue weighted by Gasteiger charge is 2.59. The molecule has 96 valence electrons. The summed E-state index contributed by atoms with van der Waals surface area (Å²) in [6, 6.07) is 7.08. The van der Waals surface area contributed by atoms with Crippen molar-refractivity contribution in [1.29, 1.82) is 0 Å². The van der Waals surface area contributed by atoms with Crippen molar-refractivity contribution in [3.8, 4) is 0 Å². The Labute approximate surface area is 101 Å². The number of carbonyl (C=O) groups excluding carboxylic acids is 2. The van der Waals surface area contributed by atoms with Crippen molar-refractivity contribution in [3.05, 3.63) is 35.9 Å². The van der Waals surface area contributed by atoms with Crippen LogP contribution in [-0.2, 0) is 15.0 Å². The molecule has 0 atom stereocenters. The summed E-state index contributed by atoms with van der Waals surface area (Å²) in [5.74, 6) is -1.79. The number of piperidine rings is 1. The van der Waals surface area contributed by atoms with Gasteiger partial charge in [-0.3, -0.25) is 14.9 Å². The molecule has 0 radical (unpaired) electrons. The van der Waals surface area contributed by atoms with E-state index >= 15 is 0 Å². The summed E-state index contributed by atoms with van der Waals surface area (Å²) in [7, 11) is 0. The third kappa shape index (κ3) is 1.98. The van der Waals surface area contributed by atoms with Gasteiger partial charge in [0.1, 0.15) is 5.41 Å². The molecule has 1 saturated heterocycles. The van der Waals surface area contributed by atoms with Crippen molar-refractivity contribution in [2.75, 3.05) is 0 Å². The van der Waals surface area contributed by atoms with Gasteiger partial charge in [0, 0.05) is 12.8 Å². The molecular formula is C12H10F3NO2. The van der Waals surface area contributed by atoms with Crippen LogP contribution in [0.15, 0.2) is 30.3 Å². The molecule has 0 unspecified atom stereocenters. The van der Waals surface area contributed by atoms with Crippen LogP contribution < -0.4 is 5.32 Å². The molecule has 2 amide bonds. The predicted molar refractivity (Wildman–Crippen MR) is 56.6 cm³/mol. The van der Waals surface area contributed by atoms with E-state index in [-0.39, 0.29) is 5.56 Å². The van der Waals surface area contributed by atoms with Gasteiger partial charge in [-0.25, -0.2) is 0 Å². The number of nitrogens with one attached hydrogen (secondary N) is 1. The highest BCUT2D eigenvalue weighted by atomic mass is 19.4. The molecule has 1 N–H and O–H groups in total. The van der Waals surface area contributed by atoms with Crippen LogP contribution in [-0.4, -0.2) is 18.0 Å². The fourth-order valence-corrected chi connectivity index (χ4v) is 2.18. The molecule has 0 spiro atoms. The summed E-state index contributed by atoms with van der Waals surface area (Å²) in [5, 5.41) is 1.90. The first kappa shape index (κ1) is 12.6. The van der Waals surface area contributed by atoms with Gasteiger partial charge in [-0.05, 0) is 5.56 Å². The van der Waals surface area contributed by atoms with Crippen molar-refractivity contribution < 1.29 is 22.8 Å². The Bertz CT molecular complexity index is 466. The maximum absolute atomic E-state index is 13.3. The molecule has 6 heteroatoms. The summed E-state index contributed by atoms with van der Waals surface area (Å²) in [5.41, 5.74) is -2.46. The summed E-state index contributed by atoms with van der Waals surface area (Å²) < 4.78 is 39.9. The number of carbonyl (C=O) groups is 2. The van der Waals surface area contributed by atoms with Crippen LogP contribution in [0.2, 0.25) is 0 Å². The minimum absolute atomic E-state index is 0.0549. The predicted octanol–water partition coefficient (Wildman–Crippen LogP) is 1.92. The van der Waals surface area contributed by atoms with Gasteiger partial charge in [-0.2, -0.15) is 13.2 Å². The summed E-state index contributed by atoms with van der Waals surface area (Å²) in [4.78, 5) is 22.6. The number of imide groups is 1. The molecule has 1 aliphatic heterocycles. The number of hydrogen-bond donors (Lipinski definition) is 1. The van der Waals surface area contributed by atoms with Gasteiger partial charge in [0.15, 0.2) is 0 Å². The normalized spacial score (nSPS) is 19.5. The van der Waals surface area contributed by atoms with Crippen LogP contribution in [0.5, 0.6) is 0 Å². The van der Waals surface area contributed by atoms with Gasteiger partial charge < -0.3 is 0 Å². The minimum Gasteiger partial charge on any atom is -0.296 e. The molecule has 0 bridgehead atoms. The highest BCUT2D eigenvalue weighted by Crippen LogP contribution is 2.47. The SMILES string of the molecule is O=C1CC(c2ccccc2)(C(F)(F)F)CC(=O)N1. The summed E-state index contributed by atoms with van der Waals surface area (Å²) in [6.07, 6.45) is -6.17. The van der Waals surface area contributed by atoms with Crippen LogP contribution >= 0.6 is 0 Å². The van der Waals surface area contributed by atoms with E-state index in [4.69, 9.17) is 0 Å². The average Bonchev–Trinajstić information content (AvgIpc) is 2.27. The lowest BCUT2D eigenvalue weighted by Crippen LogP contribution is -2.54. The fourth-order valence-electron chi connectivity index (χ4n) is 2.18. The molecule has 1 aromatic rings. The smallest absolute Gasteiger partial charge is 0.296 e. The number of rotatable bonds is 1. The number of alkyl halides is 3. The zero-order chi connectivity index (χ0) is 13.4. The second-order valence-corrected chi connectivity index (χ2v) is 4.27. The second kappa shape index (κ2) is 4.12. The minimum atomic E-state index is -4.65. The highest BCUT2D eigenvalue weighted by molar-refractivity contribution is 5.99. The Morgan fingerprint density at radius 1 is 1.00 bits per heavy atom. The number of amides is 2. The fraction of sp³-hybridized carbons (Fsp3) is 0.333. The van der Waals surface area contributed by atoms with Crippen LogP contribution in [0.25, 0.3) is 0 Å². The molecular weight excluding hydrogens is 247 g/mol. The zero-order valence-electron chi connectivity index (χ0n) is 9.25. The average molecular weight is 257 g/mol. The first-order chi connectivity index (χ1) is 8.35. The molecule has 1 fully saturated rings. The molecule has 3 nitrogen and oxygen atoms in total. The Hall–Kier alpha value is -1.85. The van der Waals surface area contributed by atoms with Gasteiger partial charge in [0.05, 0.1) is 0 Å². The van der Waals surface area contributed by atoms with Crippen LogP contribution in [0.3, 0.4) is 0 Å². The second-order valence-electron chi connectivity index (χ2n) is 4.27. The van der Waals surface area contributed by atoms with E-state index in [0.29, 0.717) is 0 Å². The summed E-state index contributed by atoms with van der Waals surface area (Å²) >= 11 is 0. The van der Waals surface area contributed by atoms with E-state index < -0.39 is 36.2 Å². The van der Waals surface area contributed by atoms with E-state index in [0.717, 1.165) is 0 Å². The third-order valence-corrected chi connectivity index (χ3v) is 3.07. The van der Waals surface area contributed by atoms with Crippen LogP contribution in [0.4, 0.5) is 13.2 Å². The largest absolute Gasteiger partial charge is 0.399 e. The van der Waals surface area contributed by atoms with E-state index in [2.05, 4.69) is 0 Å². The van der Waals surface area contributed by atoms with Gasteiger partial charge in [0.2, 0.25) is 11.8 Å².